The van der Waals surface area contributed by atoms with Crippen molar-refractivity contribution in [2.45, 2.75) is 20.3 Å². The van der Waals surface area contributed by atoms with Gasteiger partial charge >= 0.3 is 0 Å². The highest BCUT2D eigenvalue weighted by Crippen LogP contribution is 2.38. The Morgan fingerprint density at radius 2 is 1.60 bits per heavy atom. The summed E-state index contributed by atoms with van der Waals surface area (Å²) < 4.78 is 0. The Morgan fingerprint density at radius 1 is 0.833 bits per heavy atom. The predicted molar refractivity (Wildman–Crippen MR) is 126 cm³/mol. The van der Waals surface area contributed by atoms with Crippen LogP contribution in [0.2, 0.25) is 0 Å². The molecule has 1 fully saturated rings. The summed E-state index contributed by atoms with van der Waals surface area (Å²) in [5.41, 5.74) is 6.63. The topological polar surface area (TPSA) is 26.8 Å². The Bertz CT molecular complexity index is 1080. The van der Waals surface area contributed by atoms with Crippen LogP contribution in [0.3, 0.4) is 0 Å². The summed E-state index contributed by atoms with van der Waals surface area (Å²) in [4.78, 5) is 20.7. The molecule has 3 heterocycles. The zero-order valence-electron chi connectivity index (χ0n) is 17.6. The maximum absolute atomic E-state index is 13.1. The number of aryl methyl sites for hydroxylation is 1. The molecule has 1 saturated heterocycles. The van der Waals surface area contributed by atoms with Gasteiger partial charge in [0.15, 0.2) is 0 Å². The number of rotatable bonds is 3. The van der Waals surface area contributed by atoms with Gasteiger partial charge in [0.25, 0.3) is 5.91 Å². The molecule has 3 aromatic rings. The van der Waals surface area contributed by atoms with Crippen LogP contribution >= 0.6 is 11.3 Å². The lowest BCUT2D eigenvalue weighted by molar-refractivity contribution is 0.0751. The molecule has 2 aliphatic rings. The van der Waals surface area contributed by atoms with E-state index in [4.69, 9.17) is 0 Å². The summed E-state index contributed by atoms with van der Waals surface area (Å²) in [6, 6.07) is 19.1. The highest BCUT2D eigenvalue weighted by Gasteiger charge is 2.26. The van der Waals surface area contributed by atoms with Crippen molar-refractivity contribution in [3.63, 3.8) is 0 Å². The third-order valence-corrected chi connectivity index (χ3v) is 7.54. The number of carbonyl (C=O) groups excluding carboxylic acids is 1. The van der Waals surface area contributed by atoms with Crippen molar-refractivity contribution < 1.29 is 4.79 Å². The van der Waals surface area contributed by atoms with Gasteiger partial charge < -0.3 is 14.7 Å². The minimum atomic E-state index is 0.166. The van der Waals surface area contributed by atoms with Gasteiger partial charge in [-0.25, -0.2) is 0 Å². The first-order valence-electron chi connectivity index (χ1n) is 10.7. The predicted octanol–water partition coefficient (Wildman–Crippen LogP) is 5.02. The molecule has 0 bridgehead atoms. The fourth-order valence-corrected chi connectivity index (χ4v) is 5.55. The normalized spacial score (nSPS) is 16.1. The summed E-state index contributed by atoms with van der Waals surface area (Å²) >= 11 is 1.62. The molecule has 1 aromatic heterocycles. The zero-order valence-corrected chi connectivity index (χ0v) is 18.4. The second kappa shape index (κ2) is 7.80. The highest BCUT2D eigenvalue weighted by atomic mass is 32.1. The highest BCUT2D eigenvalue weighted by molar-refractivity contribution is 7.18. The number of amides is 1. The number of fused-ring (bicyclic) bond motifs is 1. The second-order valence-electron chi connectivity index (χ2n) is 8.17. The van der Waals surface area contributed by atoms with Gasteiger partial charge in [-0.15, -0.1) is 11.3 Å². The molecule has 2 aliphatic heterocycles. The maximum atomic E-state index is 13.1. The molecule has 0 radical (unpaired) electrons. The second-order valence-corrected chi connectivity index (χ2v) is 9.23. The van der Waals surface area contributed by atoms with E-state index in [1.165, 1.54) is 28.1 Å². The summed E-state index contributed by atoms with van der Waals surface area (Å²) in [6.45, 7) is 8.64. The van der Waals surface area contributed by atoms with E-state index in [1.807, 2.05) is 11.0 Å². The fraction of sp³-hybridized carbons (Fsp3) is 0.320. The largest absolute Gasteiger partial charge is 0.368 e. The lowest BCUT2D eigenvalue weighted by Gasteiger charge is -2.37. The van der Waals surface area contributed by atoms with Crippen molar-refractivity contribution >= 4 is 33.6 Å². The number of anilines is 3. The average molecular weight is 418 g/mol. The van der Waals surface area contributed by atoms with Crippen LogP contribution < -0.4 is 9.80 Å². The third-order valence-electron chi connectivity index (χ3n) is 6.44. The van der Waals surface area contributed by atoms with E-state index in [-0.39, 0.29) is 5.91 Å². The molecule has 5 rings (SSSR count). The summed E-state index contributed by atoms with van der Waals surface area (Å²) in [5, 5.41) is 1.16. The van der Waals surface area contributed by atoms with Gasteiger partial charge in [-0.3, -0.25) is 4.79 Å². The van der Waals surface area contributed by atoms with E-state index in [0.29, 0.717) is 0 Å². The maximum Gasteiger partial charge on any atom is 0.264 e. The average Bonchev–Trinajstić information content (AvgIpc) is 3.42. The molecule has 0 unspecified atom stereocenters. The molecular weight excluding hydrogens is 390 g/mol. The van der Waals surface area contributed by atoms with Gasteiger partial charge in [-0.2, -0.15) is 0 Å². The molecule has 0 spiro atoms. The lowest BCUT2D eigenvalue weighted by atomic mass is 10.1. The molecule has 0 saturated carbocycles. The van der Waals surface area contributed by atoms with Gasteiger partial charge in [0.05, 0.1) is 9.88 Å². The van der Waals surface area contributed by atoms with E-state index in [2.05, 4.69) is 72.2 Å². The van der Waals surface area contributed by atoms with E-state index in [9.17, 15) is 4.79 Å². The fourth-order valence-electron chi connectivity index (χ4n) is 4.54. The SMILES string of the molecule is Cc1cccc(N2CCN(C(=O)c3ccc(N4CCc5ccccc54)s3)CC2)c1C. The van der Waals surface area contributed by atoms with E-state index < -0.39 is 0 Å². The van der Waals surface area contributed by atoms with Crippen molar-refractivity contribution in [1.82, 2.24) is 4.90 Å². The van der Waals surface area contributed by atoms with Crippen LogP contribution in [0.15, 0.2) is 54.6 Å². The number of carbonyl (C=O) groups is 1. The Balaban J connectivity index is 1.26. The van der Waals surface area contributed by atoms with Crippen molar-refractivity contribution in [1.29, 1.82) is 0 Å². The molecule has 30 heavy (non-hydrogen) atoms. The van der Waals surface area contributed by atoms with Crippen molar-refractivity contribution in [3.05, 3.63) is 76.2 Å². The molecule has 4 nitrogen and oxygen atoms in total. The van der Waals surface area contributed by atoms with Gasteiger partial charge in [-0.05, 0) is 61.2 Å². The molecule has 2 aromatic carbocycles. The monoisotopic (exact) mass is 417 g/mol. The van der Waals surface area contributed by atoms with Gasteiger partial charge in [0.2, 0.25) is 0 Å². The number of thiophene rings is 1. The summed E-state index contributed by atoms with van der Waals surface area (Å²) in [7, 11) is 0. The van der Waals surface area contributed by atoms with Crippen LogP contribution in [-0.4, -0.2) is 43.5 Å². The quantitative estimate of drug-likeness (QED) is 0.599. The van der Waals surface area contributed by atoms with Crippen molar-refractivity contribution in [3.8, 4) is 0 Å². The molecule has 154 valence electrons. The minimum Gasteiger partial charge on any atom is -0.368 e. The van der Waals surface area contributed by atoms with Gasteiger partial charge in [0.1, 0.15) is 0 Å². The van der Waals surface area contributed by atoms with E-state index in [0.717, 1.165) is 49.0 Å². The van der Waals surface area contributed by atoms with E-state index >= 15 is 0 Å². The third kappa shape index (κ3) is 3.37. The Morgan fingerprint density at radius 3 is 2.43 bits per heavy atom. The summed E-state index contributed by atoms with van der Waals surface area (Å²) in [5.74, 6) is 0.166. The van der Waals surface area contributed by atoms with Crippen LogP contribution in [0.4, 0.5) is 16.4 Å². The van der Waals surface area contributed by atoms with Gasteiger partial charge in [0, 0.05) is 44.1 Å². The first-order valence-corrected chi connectivity index (χ1v) is 11.5. The Labute approximate surface area is 182 Å². The van der Waals surface area contributed by atoms with Gasteiger partial charge in [-0.1, -0.05) is 30.3 Å². The first kappa shape index (κ1) is 19.2. The molecule has 5 heteroatoms. The molecule has 0 aliphatic carbocycles. The number of para-hydroxylation sites is 1. The van der Waals surface area contributed by atoms with Crippen LogP contribution in [0, 0.1) is 13.8 Å². The first-order chi connectivity index (χ1) is 14.6. The zero-order chi connectivity index (χ0) is 20.7. The number of benzene rings is 2. The smallest absolute Gasteiger partial charge is 0.264 e. The number of piperazine rings is 1. The van der Waals surface area contributed by atoms with Crippen molar-refractivity contribution in [2.75, 3.05) is 42.5 Å². The summed E-state index contributed by atoms with van der Waals surface area (Å²) in [6.07, 6.45) is 1.07. The minimum absolute atomic E-state index is 0.166. The standard InChI is InChI=1S/C25H27N3OS/c1-18-6-5-9-21(19(18)2)26-14-16-27(17-15-26)25(29)23-10-11-24(30-23)28-13-12-20-7-3-4-8-22(20)28/h3-11H,12-17H2,1-2H3. The van der Waals surface area contributed by atoms with Crippen LogP contribution in [-0.2, 0) is 6.42 Å². The Hall–Kier alpha value is -2.79. The van der Waals surface area contributed by atoms with Crippen LogP contribution in [0.1, 0.15) is 26.4 Å². The number of nitrogens with zero attached hydrogens (tertiary/aromatic N) is 3. The molecule has 0 atom stereocenters. The molecule has 0 N–H and O–H groups in total. The van der Waals surface area contributed by atoms with Crippen molar-refractivity contribution in [2.24, 2.45) is 0 Å². The number of hydrogen-bond acceptors (Lipinski definition) is 4. The van der Waals surface area contributed by atoms with E-state index in [1.54, 1.807) is 11.3 Å². The van der Waals surface area contributed by atoms with Crippen LogP contribution in [0.5, 0.6) is 0 Å². The lowest BCUT2D eigenvalue weighted by Crippen LogP contribution is -2.48. The molecular formula is C25H27N3OS. The van der Waals surface area contributed by atoms with Crippen LogP contribution in [0.25, 0.3) is 0 Å². The Kier molecular flexibility index (Phi) is 4.99. The number of hydrogen-bond donors (Lipinski definition) is 0. The molecule has 1 amide bonds.